The van der Waals surface area contributed by atoms with E-state index in [-0.39, 0.29) is 5.91 Å². The SMILES string of the molecule is COc1c(Br)cccc1C(=O)N1CCC2(CC1)CC2. The number of hydrogen-bond donors (Lipinski definition) is 0. The summed E-state index contributed by atoms with van der Waals surface area (Å²) in [4.78, 5) is 14.6. The van der Waals surface area contributed by atoms with Crippen LogP contribution < -0.4 is 4.74 Å². The predicted molar refractivity (Wildman–Crippen MR) is 77.5 cm³/mol. The van der Waals surface area contributed by atoms with Crippen LogP contribution in [-0.4, -0.2) is 31.0 Å². The van der Waals surface area contributed by atoms with Gasteiger partial charge in [-0.1, -0.05) is 6.07 Å². The number of carbonyl (C=O) groups is 1. The Bertz CT molecular complexity index is 501. The van der Waals surface area contributed by atoms with Crippen LogP contribution in [0.25, 0.3) is 0 Å². The van der Waals surface area contributed by atoms with Crippen LogP contribution in [0.1, 0.15) is 36.0 Å². The summed E-state index contributed by atoms with van der Waals surface area (Å²) in [6.45, 7) is 1.77. The first-order chi connectivity index (χ1) is 9.15. The average molecular weight is 324 g/mol. The van der Waals surface area contributed by atoms with E-state index in [1.807, 2.05) is 23.1 Å². The van der Waals surface area contributed by atoms with E-state index >= 15 is 0 Å². The fraction of sp³-hybridized carbons (Fsp3) is 0.533. The van der Waals surface area contributed by atoms with E-state index in [0.717, 1.165) is 30.4 Å². The number of likely N-dealkylation sites (tertiary alicyclic amines) is 1. The predicted octanol–water partition coefficient (Wildman–Crippen LogP) is 3.47. The molecule has 0 N–H and O–H groups in total. The van der Waals surface area contributed by atoms with Crippen molar-refractivity contribution in [3.05, 3.63) is 28.2 Å². The highest BCUT2D eigenvalue weighted by atomic mass is 79.9. The van der Waals surface area contributed by atoms with E-state index < -0.39 is 0 Å². The van der Waals surface area contributed by atoms with Crippen LogP contribution in [0.2, 0.25) is 0 Å². The fourth-order valence-electron chi connectivity index (χ4n) is 2.92. The number of carbonyl (C=O) groups excluding carboxylic acids is 1. The van der Waals surface area contributed by atoms with Gasteiger partial charge in [-0.3, -0.25) is 4.79 Å². The molecule has 1 aromatic rings. The quantitative estimate of drug-likeness (QED) is 0.834. The van der Waals surface area contributed by atoms with E-state index in [0.29, 0.717) is 16.7 Å². The Morgan fingerprint density at radius 1 is 1.26 bits per heavy atom. The Kier molecular flexibility index (Phi) is 3.29. The van der Waals surface area contributed by atoms with Crippen LogP contribution in [0.3, 0.4) is 0 Å². The second-order valence-electron chi connectivity index (χ2n) is 5.61. The molecule has 1 saturated carbocycles. The van der Waals surface area contributed by atoms with Crippen molar-refractivity contribution in [2.24, 2.45) is 5.41 Å². The molecule has 0 bridgehead atoms. The van der Waals surface area contributed by atoms with Crippen molar-refractivity contribution in [2.75, 3.05) is 20.2 Å². The lowest BCUT2D eigenvalue weighted by atomic mass is 9.93. The van der Waals surface area contributed by atoms with Crippen LogP contribution >= 0.6 is 15.9 Å². The monoisotopic (exact) mass is 323 g/mol. The fourth-order valence-corrected chi connectivity index (χ4v) is 3.44. The summed E-state index contributed by atoms with van der Waals surface area (Å²) in [5.74, 6) is 0.729. The summed E-state index contributed by atoms with van der Waals surface area (Å²) in [5.41, 5.74) is 1.25. The largest absolute Gasteiger partial charge is 0.495 e. The Labute approximate surface area is 122 Å². The molecule has 4 heteroatoms. The molecular formula is C15H18BrNO2. The molecule has 19 heavy (non-hydrogen) atoms. The molecule has 0 radical (unpaired) electrons. The molecule has 1 amide bonds. The van der Waals surface area contributed by atoms with Crippen LogP contribution in [0.15, 0.2) is 22.7 Å². The number of rotatable bonds is 2. The Morgan fingerprint density at radius 3 is 2.53 bits per heavy atom. The standard InChI is InChI=1S/C15H18BrNO2/c1-19-13-11(3-2-4-12(13)16)14(18)17-9-7-15(5-6-15)8-10-17/h2-4H,5-10H2,1H3. The second kappa shape index (κ2) is 4.82. The highest BCUT2D eigenvalue weighted by molar-refractivity contribution is 9.10. The third kappa shape index (κ3) is 2.38. The zero-order chi connectivity index (χ0) is 13.5. The smallest absolute Gasteiger partial charge is 0.257 e. The average Bonchev–Trinajstić information content (AvgIpc) is 3.18. The van der Waals surface area contributed by atoms with Gasteiger partial charge in [0.25, 0.3) is 5.91 Å². The number of benzene rings is 1. The van der Waals surface area contributed by atoms with Gasteiger partial charge in [-0.25, -0.2) is 0 Å². The normalized spacial score (nSPS) is 20.4. The van der Waals surface area contributed by atoms with Crippen LogP contribution in [0.5, 0.6) is 5.75 Å². The number of nitrogens with zero attached hydrogens (tertiary/aromatic N) is 1. The third-order valence-electron chi connectivity index (χ3n) is 4.47. The van der Waals surface area contributed by atoms with Crippen LogP contribution in [0, 0.1) is 5.41 Å². The van der Waals surface area contributed by atoms with E-state index in [1.165, 1.54) is 12.8 Å². The van der Waals surface area contributed by atoms with Gasteiger partial charge in [0.15, 0.2) is 0 Å². The number of hydrogen-bond acceptors (Lipinski definition) is 2. The van der Waals surface area contributed by atoms with Gasteiger partial charge in [-0.15, -0.1) is 0 Å². The highest BCUT2D eigenvalue weighted by Gasteiger charge is 2.45. The van der Waals surface area contributed by atoms with Gasteiger partial charge >= 0.3 is 0 Å². The molecule has 0 atom stereocenters. The first kappa shape index (κ1) is 13.0. The van der Waals surface area contributed by atoms with Gasteiger partial charge in [0, 0.05) is 13.1 Å². The number of piperidine rings is 1. The molecule has 1 aromatic carbocycles. The van der Waals surface area contributed by atoms with Gasteiger partial charge in [0.2, 0.25) is 0 Å². The lowest BCUT2D eigenvalue weighted by Crippen LogP contribution is -2.39. The van der Waals surface area contributed by atoms with Crippen molar-refractivity contribution < 1.29 is 9.53 Å². The minimum Gasteiger partial charge on any atom is -0.495 e. The lowest BCUT2D eigenvalue weighted by Gasteiger charge is -2.32. The van der Waals surface area contributed by atoms with Gasteiger partial charge in [-0.05, 0) is 59.2 Å². The van der Waals surface area contributed by atoms with E-state index in [9.17, 15) is 4.79 Å². The number of para-hydroxylation sites is 1. The third-order valence-corrected chi connectivity index (χ3v) is 5.09. The molecule has 0 aromatic heterocycles. The number of amides is 1. The molecule has 1 aliphatic heterocycles. The molecule has 1 saturated heterocycles. The minimum absolute atomic E-state index is 0.0913. The molecule has 1 heterocycles. The van der Waals surface area contributed by atoms with Gasteiger partial charge in [0.05, 0.1) is 17.1 Å². The van der Waals surface area contributed by atoms with E-state index in [2.05, 4.69) is 15.9 Å². The summed E-state index contributed by atoms with van der Waals surface area (Å²) in [7, 11) is 1.60. The van der Waals surface area contributed by atoms with Crippen molar-refractivity contribution in [1.29, 1.82) is 0 Å². The van der Waals surface area contributed by atoms with E-state index in [4.69, 9.17) is 4.74 Å². The van der Waals surface area contributed by atoms with Gasteiger partial charge in [0.1, 0.15) is 5.75 Å². The Hall–Kier alpha value is -1.03. The second-order valence-corrected chi connectivity index (χ2v) is 6.47. The van der Waals surface area contributed by atoms with Gasteiger partial charge in [-0.2, -0.15) is 0 Å². The zero-order valence-corrected chi connectivity index (χ0v) is 12.7. The summed E-state index contributed by atoms with van der Waals surface area (Å²) in [6, 6.07) is 5.62. The first-order valence-electron chi connectivity index (χ1n) is 6.77. The first-order valence-corrected chi connectivity index (χ1v) is 7.56. The Balaban J connectivity index is 1.78. The maximum absolute atomic E-state index is 12.6. The number of ether oxygens (including phenoxy) is 1. The Morgan fingerprint density at radius 2 is 1.95 bits per heavy atom. The zero-order valence-electron chi connectivity index (χ0n) is 11.1. The van der Waals surface area contributed by atoms with Crippen molar-refractivity contribution in [1.82, 2.24) is 4.90 Å². The minimum atomic E-state index is 0.0913. The van der Waals surface area contributed by atoms with Crippen LogP contribution in [0.4, 0.5) is 0 Å². The topological polar surface area (TPSA) is 29.5 Å². The summed E-state index contributed by atoms with van der Waals surface area (Å²) in [6.07, 6.45) is 5.04. The number of halogens is 1. The molecule has 3 nitrogen and oxygen atoms in total. The van der Waals surface area contributed by atoms with Crippen molar-refractivity contribution in [3.8, 4) is 5.75 Å². The van der Waals surface area contributed by atoms with Crippen molar-refractivity contribution >= 4 is 21.8 Å². The molecule has 1 aliphatic carbocycles. The van der Waals surface area contributed by atoms with Crippen molar-refractivity contribution in [2.45, 2.75) is 25.7 Å². The van der Waals surface area contributed by atoms with Gasteiger partial charge < -0.3 is 9.64 Å². The molecule has 3 rings (SSSR count). The lowest BCUT2D eigenvalue weighted by molar-refractivity contribution is 0.0675. The molecule has 102 valence electrons. The van der Waals surface area contributed by atoms with Crippen molar-refractivity contribution in [3.63, 3.8) is 0 Å². The van der Waals surface area contributed by atoms with E-state index in [1.54, 1.807) is 7.11 Å². The molecule has 2 fully saturated rings. The summed E-state index contributed by atoms with van der Waals surface area (Å²) >= 11 is 3.43. The van der Waals surface area contributed by atoms with Crippen LogP contribution in [-0.2, 0) is 0 Å². The summed E-state index contributed by atoms with van der Waals surface area (Å²) in [5, 5.41) is 0. The molecule has 2 aliphatic rings. The summed E-state index contributed by atoms with van der Waals surface area (Å²) < 4.78 is 6.18. The molecule has 1 spiro atoms. The maximum atomic E-state index is 12.6. The molecule has 0 unspecified atom stereocenters. The highest BCUT2D eigenvalue weighted by Crippen LogP contribution is 2.53. The number of methoxy groups -OCH3 is 1. The maximum Gasteiger partial charge on any atom is 0.257 e. The molecular weight excluding hydrogens is 306 g/mol.